The van der Waals surface area contributed by atoms with Crippen LogP contribution in [-0.2, 0) is 24.3 Å². The van der Waals surface area contributed by atoms with Crippen molar-refractivity contribution in [2.75, 3.05) is 11.4 Å². The molecule has 1 aromatic heterocycles. The summed E-state index contributed by atoms with van der Waals surface area (Å²) >= 11 is 6.09. The van der Waals surface area contributed by atoms with Crippen LogP contribution in [0.3, 0.4) is 0 Å². The number of fused-ring (bicyclic) bond motifs is 2. The maximum atomic E-state index is 11.9. The van der Waals surface area contributed by atoms with Crippen molar-refractivity contribution in [1.29, 1.82) is 0 Å². The minimum atomic E-state index is -0.862. The van der Waals surface area contributed by atoms with Crippen molar-refractivity contribution in [3.05, 3.63) is 106 Å². The summed E-state index contributed by atoms with van der Waals surface area (Å²) in [6.45, 7) is 5.92. The van der Waals surface area contributed by atoms with Crippen molar-refractivity contribution >= 4 is 40.2 Å². The molecule has 0 unspecified atom stereocenters. The molecule has 0 aliphatic carbocycles. The second-order valence-electron chi connectivity index (χ2n) is 9.95. The summed E-state index contributed by atoms with van der Waals surface area (Å²) in [6, 6.07) is 25.1. The van der Waals surface area contributed by atoms with Gasteiger partial charge in [0, 0.05) is 53.4 Å². The number of hydrogen-bond acceptors (Lipinski definition) is 2. The predicted octanol–water partition coefficient (Wildman–Crippen LogP) is 7.03. The molecule has 0 fully saturated rings. The van der Waals surface area contributed by atoms with Crippen molar-refractivity contribution in [3.8, 4) is 0 Å². The van der Waals surface area contributed by atoms with E-state index in [1.807, 2.05) is 24.3 Å². The lowest BCUT2D eigenvalue weighted by atomic mass is 9.88. The maximum Gasteiger partial charge on any atom is 0.309 e. The van der Waals surface area contributed by atoms with E-state index in [2.05, 4.69) is 70.1 Å². The Morgan fingerprint density at radius 1 is 0.971 bits per heavy atom. The summed E-state index contributed by atoms with van der Waals surface area (Å²) in [5.41, 5.74) is 6.12. The summed E-state index contributed by atoms with van der Waals surface area (Å²) in [5.74, 6) is -0.793. The highest BCUT2D eigenvalue weighted by Crippen LogP contribution is 2.31. The number of hydrogen-bond donors (Lipinski definition) is 1. The van der Waals surface area contributed by atoms with Crippen LogP contribution in [0, 0.1) is 5.41 Å². The van der Waals surface area contributed by atoms with Gasteiger partial charge in [0.05, 0.1) is 5.41 Å². The standard InChI is InChI=1S/C30H29ClN2O2/c1-30(2,29(34)35)18-26-17-24-16-22(19-32-15-5-7-23-6-3-4-8-27(23)32)11-14-28(24)33(26)20-21-9-12-25(31)13-10-21/h3-14,16-17H,15,18-20H2,1-2H3,(H,34,35). The lowest BCUT2D eigenvalue weighted by Gasteiger charge is -2.28. The van der Waals surface area contributed by atoms with Crippen LogP contribution in [-0.4, -0.2) is 22.2 Å². The number of nitrogens with zero attached hydrogens (tertiary/aromatic N) is 2. The van der Waals surface area contributed by atoms with Crippen molar-refractivity contribution in [2.45, 2.75) is 33.4 Å². The zero-order chi connectivity index (χ0) is 24.6. The third-order valence-corrected chi connectivity index (χ3v) is 7.03. The Balaban J connectivity index is 1.51. The summed E-state index contributed by atoms with van der Waals surface area (Å²) < 4.78 is 2.24. The Kier molecular flexibility index (Phi) is 6.16. The number of halogens is 1. The van der Waals surface area contributed by atoms with Crippen molar-refractivity contribution in [3.63, 3.8) is 0 Å². The van der Waals surface area contributed by atoms with Gasteiger partial charge >= 0.3 is 5.97 Å². The molecule has 1 aliphatic rings. The summed E-state index contributed by atoms with van der Waals surface area (Å²) in [4.78, 5) is 14.3. The lowest BCUT2D eigenvalue weighted by Crippen LogP contribution is -2.27. The molecule has 4 aromatic rings. The fraction of sp³-hybridized carbons (Fsp3) is 0.233. The average Bonchev–Trinajstić information content (AvgIpc) is 3.16. The molecule has 35 heavy (non-hydrogen) atoms. The SMILES string of the molecule is CC(C)(Cc1cc2cc(CN3CC=Cc4ccccc43)ccc2n1Cc1ccc(Cl)cc1)C(=O)O. The average molecular weight is 485 g/mol. The largest absolute Gasteiger partial charge is 0.481 e. The number of carboxylic acid groups (broad SMARTS) is 1. The molecule has 0 spiro atoms. The maximum absolute atomic E-state index is 11.9. The number of benzene rings is 3. The van der Waals surface area contributed by atoms with Gasteiger partial charge < -0.3 is 14.6 Å². The van der Waals surface area contributed by atoms with Crippen LogP contribution < -0.4 is 4.90 Å². The number of carboxylic acids is 1. The second kappa shape index (κ2) is 9.27. The van der Waals surface area contributed by atoms with Gasteiger partial charge in [0.1, 0.15) is 0 Å². The van der Waals surface area contributed by atoms with Crippen LogP contribution >= 0.6 is 11.6 Å². The van der Waals surface area contributed by atoms with Gasteiger partial charge in [-0.1, -0.05) is 60.2 Å². The first-order valence-corrected chi connectivity index (χ1v) is 12.3. The molecule has 0 bridgehead atoms. The summed E-state index contributed by atoms with van der Waals surface area (Å²) in [5, 5.41) is 11.6. The van der Waals surface area contributed by atoms with Crippen molar-refractivity contribution in [1.82, 2.24) is 4.57 Å². The highest BCUT2D eigenvalue weighted by atomic mass is 35.5. The minimum absolute atomic E-state index is 0.449. The van der Waals surface area contributed by atoms with Crippen LogP contribution in [0.4, 0.5) is 5.69 Å². The number of para-hydroxylation sites is 1. The first-order chi connectivity index (χ1) is 16.8. The van der Waals surface area contributed by atoms with Crippen molar-refractivity contribution < 1.29 is 9.90 Å². The van der Waals surface area contributed by atoms with E-state index in [1.54, 1.807) is 13.8 Å². The quantitative estimate of drug-likeness (QED) is 0.306. The van der Waals surface area contributed by atoms with Crippen molar-refractivity contribution in [2.24, 2.45) is 5.41 Å². The summed E-state index contributed by atoms with van der Waals surface area (Å²) in [6.07, 6.45) is 4.84. The molecule has 4 nitrogen and oxygen atoms in total. The van der Waals surface area contributed by atoms with Gasteiger partial charge in [-0.05, 0) is 66.9 Å². The first kappa shape index (κ1) is 23.3. The molecule has 0 saturated carbocycles. The van der Waals surface area contributed by atoms with E-state index in [9.17, 15) is 9.90 Å². The van der Waals surface area contributed by atoms with Gasteiger partial charge in [-0.3, -0.25) is 4.79 Å². The molecule has 1 N–H and O–H groups in total. The monoisotopic (exact) mass is 484 g/mol. The molecule has 0 radical (unpaired) electrons. The fourth-order valence-corrected chi connectivity index (χ4v) is 4.93. The molecular weight excluding hydrogens is 456 g/mol. The number of rotatable bonds is 7. The molecule has 0 atom stereocenters. The van der Waals surface area contributed by atoms with E-state index in [1.165, 1.54) is 16.8 Å². The van der Waals surface area contributed by atoms with Gasteiger partial charge in [0.15, 0.2) is 0 Å². The van der Waals surface area contributed by atoms with Gasteiger partial charge in [-0.25, -0.2) is 0 Å². The fourth-order valence-electron chi connectivity index (χ4n) is 4.80. The van der Waals surface area contributed by atoms with E-state index in [-0.39, 0.29) is 0 Å². The Morgan fingerprint density at radius 3 is 2.49 bits per heavy atom. The van der Waals surface area contributed by atoms with Gasteiger partial charge in [0.25, 0.3) is 0 Å². The highest BCUT2D eigenvalue weighted by molar-refractivity contribution is 6.30. The topological polar surface area (TPSA) is 45.5 Å². The number of aromatic nitrogens is 1. The smallest absolute Gasteiger partial charge is 0.309 e. The molecule has 5 heteroatoms. The number of aliphatic carboxylic acids is 1. The normalized spacial score (nSPS) is 13.3. The predicted molar refractivity (Wildman–Crippen MR) is 144 cm³/mol. The second-order valence-corrected chi connectivity index (χ2v) is 10.4. The van der Waals surface area contributed by atoms with Gasteiger partial charge in [-0.15, -0.1) is 0 Å². The van der Waals surface area contributed by atoms with Crippen LogP contribution in [0.5, 0.6) is 0 Å². The Hall–Kier alpha value is -3.50. The molecule has 3 aromatic carbocycles. The minimum Gasteiger partial charge on any atom is -0.481 e. The Labute approximate surface area is 211 Å². The Bertz CT molecular complexity index is 1420. The van der Waals surface area contributed by atoms with Crippen LogP contribution in [0.15, 0.2) is 78.9 Å². The number of carbonyl (C=O) groups is 1. The zero-order valence-corrected chi connectivity index (χ0v) is 20.8. The van der Waals surface area contributed by atoms with E-state index in [0.717, 1.165) is 35.2 Å². The van der Waals surface area contributed by atoms with Crippen LogP contribution in [0.25, 0.3) is 17.0 Å². The van der Waals surface area contributed by atoms with Crippen LogP contribution in [0.1, 0.15) is 36.2 Å². The summed E-state index contributed by atoms with van der Waals surface area (Å²) in [7, 11) is 0. The van der Waals surface area contributed by atoms with E-state index in [4.69, 9.17) is 11.6 Å². The van der Waals surface area contributed by atoms with E-state index in [0.29, 0.717) is 18.0 Å². The first-order valence-electron chi connectivity index (χ1n) is 11.9. The molecule has 1 aliphatic heterocycles. The van der Waals surface area contributed by atoms with Gasteiger partial charge in [-0.2, -0.15) is 0 Å². The molecule has 0 amide bonds. The van der Waals surface area contributed by atoms with Gasteiger partial charge in [0.2, 0.25) is 0 Å². The van der Waals surface area contributed by atoms with Crippen LogP contribution in [0.2, 0.25) is 5.02 Å². The molecule has 178 valence electrons. The molecular formula is C30H29ClN2O2. The van der Waals surface area contributed by atoms with E-state index < -0.39 is 11.4 Å². The third kappa shape index (κ3) is 4.85. The molecule has 5 rings (SSSR count). The third-order valence-electron chi connectivity index (χ3n) is 6.78. The zero-order valence-electron chi connectivity index (χ0n) is 20.0. The highest BCUT2D eigenvalue weighted by Gasteiger charge is 2.29. The van der Waals surface area contributed by atoms with E-state index >= 15 is 0 Å². The molecule has 2 heterocycles. The molecule has 0 saturated heterocycles. The number of anilines is 1. The Morgan fingerprint density at radius 2 is 1.71 bits per heavy atom. The lowest BCUT2D eigenvalue weighted by molar-refractivity contribution is -0.146.